The van der Waals surface area contributed by atoms with E-state index in [9.17, 15) is 0 Å². The lowest BCUT2D eigenvalue weighted by Gasteiger charge is -1.99. The zero-order valence-electron chi connectivity index (χ0n) is 20.2. The molecule has 0 bridgehead atoms. The van der Waals surface area contributed by atoms with Crippen molar-refractivity contribution in [2.45, 2.75) is 13.8 Å². The minimum Gasteiger partial charge on any atom is -0.383 e. The molecule has 176 valence electrons. The minimum atomic E-state index is 0.538. The van der Waals surface area contributed by atoms with Gasteiger partial charge in [0, 0.05) is 48.0 Å². The number of para-hydroxylation sites is 2. The second-order valence-electron chi connectivity index (χ2n) is 8.45. The molecule has 0 aliphatic carbocycles. The molecule has 0 fully saturated rings. The SMILES string of the molecule is Cc1ccccc1C.Nc1nccc2ccncc12.c1ccc2c(c1)nc1c3cnccc3ccn21. The fourth-order valence-electron chi connectivity index (χ4n) is 3.97. The number of aryl methyl sites for hydroxylation is 2. The van der Waals surface area contributed by atoms with E-state index in [0.717, 1.165) is 32.8 Å². The number of benzene rings is 2. The molecule has 0 unspecified atom stereocenters. The molecular formula is C30H26N6. The summed E-state index contributed by atoms with van der Waals surface area (Å²) in [6.07, 6.45) is 10.9. The maximum atomic E-state index is 5.61. The number of hydrogen-bond donors (Lipinski definition) is 1. The smallest absolute Gasteiger partial charge is 0.147 e. The molecule has 6 heteroatoms. The molecule has 7 rings (SSSR count). The average Bonchev–Trinajstić information content (AvgIpc) is 3.31. The summed E-state index contributed by atoms with van der Waals surface area (Å²) < 4.78 is 2.11. The topological polar surface area (TPSA) is 82.0 Å². The van der Waals surface area contributed by atoms with Crippen LogP contribution in [0.1, 0.15) is 11.1 Å². The van der Waals surface area contributed by atoms with Crippen molar-refractivity contribution in [3.8, 4) is 0 Å². The number of pyridine rings is 4. The zero-order valence-corrected chi connectivity index (χ0v) is 20.2. The standard InChI is InChI=1S/C14H9N3.C8H7N3.C8H10/c1-2-4-13-12(3-1)16-14-11-9-15-7-5-10(11)6-8-17(13)14;9-8-7-5-10-3-1-6(7)2-4-11-8;1-7-5-3-4-6-8(7)2/h1-9H;1-5H,(H2,9,11);3-6H,1-2H3. The number of nitrogen functional groups attached to an aromatic ring is 1. The Labute approximate surface area is 209 Å². The zero-order chi connectivity index (χ0) is 24.9. The number of hydrogen-bond acceptors (Lipinski definition) is 5. The Kier molecular flexibility index (Phi) is 6.49. The van der Waals surface area contributed by atoms with E-state index < -0.39 is 0 Å². The molecule has 0 aliphatic heterocycles. The van der Waals surface area contributed by atoms with Crippen molar-refractivity contribution < 1.29 is 0 Å². The number of nitrogens with two attached hydrogens (primary N) is 1. The number of aromatic nitrogens is 5. The summed E-state index contributed by atoms with van der Waals surface area (Å²) in [6, 6.07) is 24.4. The number of rotatable bonds is 0. The van der Waals surface area contributed by atoms with Gasteiger partial charge in [-0.05, 0) is 72.1 Å². The number of fused-ring (bicyclic) bond motifs is 6. The Bertz CT molecular complexity index is 1760. The fourth-order valence-corrected chi connectivity index (χ4v) is 3.97. The van der Waals surface area contributed by atoms with Gasteiger partial charge in [-0.2, -0.15) is 0 Å². The van der Waals surface area contributed by atoms with Crippen LogP contribution in [0.15, 0.2) is 110 Å². The van der Waals surface area contributed by atoms with E-state index in [1.807, 2.05) is 48.8 Å². The predicted molar refractivity (Wildman–Crippen MR) is 148 cm³/mol. The predicted octanol–water partition coefficient (Wildman–Crippen LogP) is 6.55. The van der Waals surface area contributed by atoms with Crippen molar-refractivity contribution >= 4 is 44.0 Å². The van der Waals surface area contributed by atoms with Crippen LogP contribution in [0.25, 0.3) is 38.2 Å². The van der Waals surface area contributed by atoms with Crippen LogP contribution in [0.5, 0.6) is 0 Å². The second kappa shape index (κ2) is 10.2. The highest BCUT2D eigenvalue weighted by atomic mass is 15.0. The van der Waals surface area contributed by atoms with E-state index in [4.69, 9.17) is 5.73 Å². The van der Waals surface area contributed by atoms with Crippen LogP contribution in [0.3, 0.4) is 0 Å². The molecule has 5 heterocycles. The van der Waals surface area contributed by atoms with Gasteiger partial charge in [0.05, 0.1) is 11.0 Å². The Morgan fingerprint density at radius 2 is 1.28 bits per heavy atom. The Balaban J connectivity index is 0.000000121. The normalized spacial score (nSPS) is 10.6. The Hall–Kier alpha value is -4.84. The van der Waals surface area contributed by atoms with E-state index in [-0.39, 0.29) is 0 Å². The van der Waals surface area contributed by atoms with Crippen LogP contribution in [-0.4, -0.2) is 24.3 Å². The summed E-state index contributed by atoms with van der Waals surface area (Å²) in [5.74, 6) is 0.538. The molecule has 5 aromatic heterocycles. The van der Waals surface area contributed by atoms with Crippen LogP contribution >= 0.6 is 0 Å². The summed E-state index contributed by atoms with van der Waals surface area (Å²) in [6.45, 7) is 4.24. The molecule has 36 heavy (non-hydrogen) atoms. The third-order valence-electron chi connectivity index (χ3n) is 6.12. The van der Waals surface area contributed by atoms with Crippen molar-refractivity contribution in [3.05, 3.63) is 121 Å². The van der Waals surface area contributed by atoms with Crippen LogP contribution in [0.4, 0.5) is 5.82 Å². The highest BCUT2D eigenvalue weighted by Crippen LogP contribution is 2.23. The molecule has 0 amide bonds. The quantitative estimate of drug-likeness (QED) is 0.272. The van der Waals surface area contributed by atoms with E-state index >= 15 is 0 Å². The summed E-state index contributed by atoms with van der Waals surface area (Å²) in [5, 5.41) is 4.25. The molecule has 0 spiro atoms. The van der Waals surface area contributed by atoms with Gasteiger partial charge < -0.3 is 5.73 Å². The first-order valence-corrected chi connectivity index (χ1v) is 11.7. The maximum absolute atomic E-state index is 5.61. The van der Waals surface area contributed by atoms with Crippen molar-refractivity contribution in [3.63, 3.8) is 0 Å². The maximum Gasteiger partial charge on any atom is 0.147 e. The number of imidazole rings is 1. The van der Waals surface area contributed by atoms with E-state index in [1.165, 1.54) is 16.5 Å². The number of anilines is 1. The van der Waals surface area contributed by atoms with Gasteiger partial charge in [-0.15, -0.1) is 0 Å². The largest absolute Gasteiger partial charge is 0.383 e. The van der Waals surface area contributed by atoms with E-state index in [2.05, 4.69) is 80.8 Å². The summed E-state index contributed by atoms with van der Waals surface area (Å²) in [4.78, 5) is 16.7. The lowest BCUT2D eigenvalue weighted by molar-refractivity contribution is 1.24. The third-order valence-corrected chi connectivity index (χ3v) is 6.12. The van der Waals surface area contributed by atoms with Gasteiger partial charge in [-0.1, -0.05) is 36.4 Å². The second-order valence-corrected chi connectivity index (χ2v) is 8.45. The van der Waals surface area contributed by atoms with Gasteiger partial charge in [-0.3, -0.25) is 14.4 Å². The molecule has 2 aromatic carbocycles. The molecular weight excluding hydrogens is 444 g/mol. The monoisotopic (exact) mass is 470 g/mol. The molecule has 7 aromatic rings. The van der Waals surface area contributed by atoms with Gasteiger partial charge >= 0.3 is 0 Å². The first-order valence-electron chi connectivity index (χ1n) is 11.7. The third kappa shape index (κ3) is 4.70. The van der Waals surface area contributed by atoms with Gasteiger partial charge in [0.2, 0.25) is 0 Å². The Morgan fingerprint density at radius 1 is 0.667 bits per heavy atom. The summed E-state index contributed by atoms with van der Waals surface area (Å²) >= 11 is 0. The van der Waals surface area contributed by atoms with Crippen LogP contribution in [0, 0.1) is 13.8 Å². The molecule has 0 atom stereocenters. The van der Waals surface area contributed by atoms with Gasteiger partial charge in [0.1, 0.15) is 11.5 Å². The molecule has 0 saturated carbocycles. The first-order chi connectivity index (χ1) is 17.6. The van der Waals surface area contributed by atoms with Crippen molar-refractivity contribution in [2.24, 2.45) is 0 Å². The van der Waals surface area contributed by atoms with E-state index in [0.29, 0.717) is 5.82 Å². The van der Waals surface area contributed by atoms with Gasteiger partial charge in [0.25, 0.3) is 0 Å². The van der Waals surface area contributed by atoms with Gasteiger partial charge in [-0.25, -0.2) is 9.97 Å². The lowest BCUT2D eigenvalue weighted by atomic mass is 10.1. The first kappa shape index (κ1) is 22.9. The van der Waals surface area contributed by atoms with Crippen molar-refractivity contribution in [2.75, 3.05) is 5.73 Å². The average molecular weight is 471 g/mol. The number of nitrogens with zero attached hydrogens (tertiary/aromatic N) is 5. The summed E-state index contributed by atoms with van der Waals surface area (Å²) in [5.41, 5.74) is 11.5. The van der Waals surface area contributed by atoms with Crippen LogP contribution in [-0.2, 0) is 0 Å². The molecule has 0 saturated heterocycles. The molecule has 0 radical (unpaired) electrons. The Morgan fingerprint density at radius 3 is 1.97 bits per heavy atom. The lowest BCUT2D eigenvalue weighted by Crippen LogP contribution is -1.90. The van der Waals surface area contributed by atoms with Crippen LogP contribution < -0.4 is 5.73 Å². The van der Waals surface area contributed by atoms with Crippen LogP contribution in [0.2, 0.25) is 0 Å². The minimum absolute atomic E-state index is 0.538. The molecule has 0 aliphatic rings. The van der Waals surface area contributed by atoms with Gasteiger partial charge in [0.15, 0.2) is 0 Å². The van der Waals surface area contributed by atoms with Crippen molar-refractivity contribution in [1.82, 2.24) is 24.3 Å². The van der Waals surface area contributed by atoms with E-state index in [1.54, 1.807) is 18.6 Å². The molecule has 2 N–H and O–H groups in total. The van der Waals surface area contributed by atoms with Crippen molar-refractivity contribution in [1.29, 1.82) is 0 Å². The molecule has 6 nitrogen and oxygen atoms in total. The fraction of sp³-hybridized carbons (Fsp3) is 0.0667. The highest BCUT2D eigenvalue weighted by Gasteiger charge is 2.06. The highest BCUT2D eigenvalue weighted by molar-refractivity contribution is 5.97. The summed E-state index contributed by atoms with van der Waals surface area (Å²) in [7, 11) is 0.